The summed E-state index contributed by atoms with van der Waals surface area (Å²) in [6, 6.07) is 15.8. The third-order valence-electron chi connectivity index (χ3n) is 5.75. The van der Waals surface area contributed by atoms with Gasteiger partial charge in [-0.3, -0.25) is 0 Å². The van der Waals surface area contributed by atoms with Crippen molar-refractivity contribution >= 4 is 0 Å². The van der Waals surface area contributed by atoms with Crippen LogP contribution in [-0.2, 0) is 5.41 Å². The van der Waals surface area contributed by atoms with Crippen LogP contribution >= 0.6 is 0 Å². The van der Waals surface area contributed by atoms with Gasteiger partial charge >= 0.3 is 0 Å². The Morgan fingerprint density at radius 1 is 0.720 bits per heavy atom. The van der Waals surface area contributed by atoms with E-state index >= 15 is 0 Å². The summed E-state index contributed by atoms with van der Waals surface area (Å²) >= 11 is 0. The molecule has 3 aliphatic carbocycles. The number of fused-ring (bicyclic) bond motifs is 2. The van der Waals surface area contributed by atoms with E-state index in [0.29, 0.717) is 11.5 Å². The first-order valence-corrected chi connectivity index (χ1v) is 8.56. The average Bonchev–Trinajstić information content (AvgIpc) is 2.63. The van der Waals surface area contributed by atoms with Crippen molar-refractivity contribution in [2.45, 2.75) is 31.1 Å². The summed E-state index contributed by atoms with van der Waals surface area (Å²) in [7, 11) is 0. The Balaban J connectivity index is 1.72. The molecule has 0 spiro atoms. The lowest BCUT2D eigenvalue weighted by atomic mass is 9.51. The molecule has 0 atom stereocenters. The fraction of sp³-hybridized carbons (Fsp3) is 0.333. The van der Waals surface area contributed by atoms with Gasteiger partial charge in [0.1, 0.15) is 11.5 Å². The molecule has 124 valence electrons. The molecule has 2 bridgehead atoms. The number of hydrogen-bond donors (Lipinski definition) is 0. The summed E-state index contributed by atoms with van der Waals surface area (Å²) in [5.41, 5.74) is 2.52. The summed E-state index contributed by atoms with van der Waals surface area (Å²) in [5, 5.41) is 17.3. The Kier molecular flexibility index (Phi) is 3.82. The van der Waals surface area contributed by atoms with Crippen molar-refractivity contribution in [2.24, 2.45) is 11.8 Å². The van der Waals surface area contributed by atoms with Crippen LogP contribution in [0.15, 0.2) is 48.5 Å². The molecule has 2 aromatic rings. The molecule has 3 aliphatic rings. The van der Waals surface area contributed by atoms with Crippen molar-refractivity contribution in [1.82, 2.24) is 0 Å². The van der Waals surface area contributed by atoms with E-state index in [1.807, 2.05) is 24.3 Å². The van der Waals surface area contributed by atoms with Gasteiger partial charge in [-0.25, -0.2) is 0 Å². The summed E-state index contributed by atoms with van der Waals surface area (Å²) in [6.45, 7) is 0. The first kappa shape index (κ1) is 15.5. The van der Waals surface area contributed by atoms with E-state index in [4.69, 9.17) is 20.0 Å². The summed E-state index contributed by atoms with van der Waals surface area (Å²) in [6.07, 6.45) is 8.39. The van der Waals surface area contributed by atoms with Gasteiger partial charge in [-0.15, -0.1) is 10.5 Å². The largest absolute Gasteiger partial charge is 0.388 e. The normalized spacial score (nSPS) is 22.8. The monoisotopic (exact) mass is 330 g/mol. The van der Waals surface area contributed by atoms with Crippen LogP contribution in [0.2, 0.25) is 0 Å². The number of nitriles is 2. The first-order chi connectivity index (χ1) is 12.2. The van der Waals surface area contributed by atoms with E-state index in [-0.39, 0.29) is 5.41 Å². The Morgan fingerprint density at radius 3 is 1.48 bits per heavy atom. The van der Waals surface area contributed by atoms with Crippen LogP contribution in [0.1, 0.15) is 36.8 Å². The first-order valence-electron chi connectivity index (χ1n) is 8.56. The van der Waals surface area contributed by atoms with Gasteiger partial charge in [-0.2, -0.15) is 0 Å². The van der Waals surface area contributed by atoms with Gasteiger partial charge < -0.3 is 9.47 Å². The fourth-order valence-electron chi connectivity index (χ4n) is 4.70. The maximum absolute atomic E-state index is 8.67. The SMILES string of the molecule is N#COc1ccc(C2(c3ccc(OC#N)cc3)CC3CC(C3)C2)cc1. The third kappa shape index (κ3) is 2.71. The quantitative estimate of drug-likeness (QED) is 0.773. The molecule has 0 amide bonds. The summed E-state index contributed by atoms with van der Waals surface area (Å²) in [5.74, 6) is 2.70. The highest BCUT2D eigenvalue weighted by atomic mass is 16.5. The Bertz CT molecular complexity index is 766. The van der Waals surface area contributed by atoms with Crippen LogP contribution in [0.4, 0.5) is 0 Å². The molecule has 25 heavy (non-hydrogen) atoms. The Morgan fingerprint density at radius 2 is 1.12 bits per heavy atom. The molecule has 0 N–H and O–H groups in total. The average molecular weight is 330 g/mol. The number of benzene rings is 2. The maximum atomic E-state index is 8.67. The Hall–Kier alpha value is -2.98. The highest BCUT2D eigenvalue weighted by Gasteiger charge is 2.48. The number of hydrogen-bond acceptors (Lipinski definition) is 4. The highest BCUT2D eigenvalue weighted by Crippen LogP contribution is 2.57. The molecule has 3 saturated carbocycles. The molecule has 4 nitrogen and oxygen atoms in total. The van der Waals surface area contributed by atoms with E-state index < -0.39 is 0 Å². The molecule has 2 aromatic carbocycles. The smallest absolute Gasteiger partial charge is 0.292 e. The number of ether oxygens (including phenoxy) is 2. The van der Waals surface area contributed by atoms with Gasteiger partial charge in [-0.05, 0) is 72.9 Å². The molecular weight excluding hydrogens is 312 g/mol. The van der Waals surface area contributed by atoms with E-state index in [9.17, 15) is 0 Å². The van der Waals surface area contributed by atoms with Gasteiger partial charge in [0, 0.05) is 5.41 Å². The van der Waals surface area contributed by atoms with Crippen molar-refractivity contribution in [3.05, 3.63) is 59.7 Å². The number of rotatable bonds is 4. The molecule has 0 aliphatic heterocycles. The van der Waals surface area contributed by atoms with Crippen molar-refractivity contribution in [2.75, 3.05) is 0 Å². The van der Waals surface area contributed by atoms with E-state index in [1.54, 1.807) is 12.5 Å². The molecule has 5 rings (SSSR count). The minimum Gasteiger partial charge on any atom is -0.388 e. The zero-order valence-electron chi connectivity index (χ0n) is 13.8. The summed E-state index contributed by atoms with van der Waals surface area (Å²) in [4.78, 5) is 0. The van der Waals surface area contributed by atoms with Crippen LogP contribution < -0.4 is 9.47 Å². The maximum Gasteiger partial charge on any atom is 0.292 e. The molecule has 0 saturated heterocycles. The Labute approximate surface area is 147 Å². The minimum atomic E-state index is -0.0117. The van der Waals surface area contributed by atoms with Gasteiger partial charge in [0.15, 0.2) is 0 Å². The van der Waals surface area contributed by atoms with Gasteiger partial charge in [-0.1, -0.05) is 24.3 Å². The molecule has 0 unspecified atom stereocenters. The molecule has 0 aromatic heterocycles. The molecular formula is C21H18N2O2. The van der Waals surface area contributed by atoms with Crippen LogP contribution in [0.5, 0.6) is 11.5 Å². The van der Waals surface area contributed by atoms with E-state index in [0.717, 1.165) is 24.7 Å². The molecule has 4 heteroatoms. The number of nitrogens with zero attached hydrogens (tertiary/aromatic N) is 2. The second-order valence-electron chi connectivity index (χ2n) is 7.13. The summed E-state index contributed by atoms with van der Waals surface area (Å²) < 4.78 is 9.84. The van der Waals surface area contributed by atoms with E-state index in [1.165, 1.54) is 24.0 Å². The van der Waals surface area contributed by atoms with Crippen molar-refractivity contribution in [1.29, 1.82) is 10.5 Å². The zero-order chi connectivity index (χ0) is 17.3. The lowest BCUT2D eigenvalue weighted by Crippen LogP contribution is -2.45. The van der Waals surface area contributed by atoms with Crippen LogP contribution in [0, 0.1) is 34.9 Å². The van der Waals surface area contributed by atoms with Crippen molar-refractivity contribution in [3.63, 3.8) is 0 Å². The second-order valence-corrected chi connectivity index (χ2v) is 7.13. The lowest BCUT2D eigenvalue weighted by molar-refractivity contribution is 0.0623. The van der Waals surface area contributed by atoms with Gasteiger partial charge in [0.05, 0.1) is 0 Å². The van der Waals surface area contributed by atoms with E-state index in [2.05, 4.69) is 24.3 Å². The highest BCUT2D eigenvalue weighted by molar-refractivity contribution is 5.45. The predicted molar refractivity (Wildman–Crippen MR) is 91.6 cm³/mol. The zero-order valence-corrected chi connectivity index (χ0v) is 13.8. The van der Waals surface area contributed by atoms with Crippen LogP contribution in [0.25, 0.3) is 0 Å². The fourth-order valence-corrected chi connectivity index (χ4v) is 4.70. The van der Waals surface area contributed by atoms with Crippen LogP contribution in [-0.4, -0.2) is 0 Å². The molecule has 0 radical (unpaired) electrons. The second kappa shape index (κ2) is 6.15. The predicted octanol–water partition coefficient (Wildman–Crippen LogP) is 4.51. The van der Waals surface area contributed by atoms with Crippen molar-refractivity contribution in [3.8, 4) is 24.0 Å². The minimum absolute atomic E-state index is 0.0117. The van der Waals surface area contributed by atoms with Gasteiger partial charge in [0.2, 0.25) is 0 Å². The lowest BCUT2D eigenvalue weighted by Gasteiger charge is -2.53. The molecule has 0 heterocycles. The van der Waals surface area contributed by atoms with Crippen LogP contribution in [0.3, 0.4) is 0 Å². The topological polar surface area (TPSA) is 66.0 Å². The third-order valence-corrected chi connectivity index (χ3v) is 5.75. The van der Waals surface area contributed by atoms with Crippen molar-refractivity contribution < 1.29 is 9.47 Å². The van der Waals surface area contributed by atoms with Gasteiger partial charge in [0.25, 0.3) is 12.5 Å². The molecule has 3 fully saturated rings. The standard InChI is InChI=1S/C21H18N2O2/c22-13-24-19-5-1-17(2-6-19)21(11-15-9-16(10-15)12-21)18-3-7-20(8-4-18)25-14-23/h1-8,15-16H,9-12H2.